The molecule has 1 heterocycles. The predicted octanol–water partition coefficient (Wildman–Crippen LogP) is 2.96. The van der Waals surface area contributed by atoms with Gasteiger partial charge >= 0.3 is 0 Å². The highest BCUT2D eigenvalue weighted by Crippen LogP contribution is 2.25. The normalized spacial score (nSPS) is 17.2. The molecular formula is C16H16N2O3. The minimum atomic E-state index is -0.345. The van der Waals surface area contributed by atoms with E-state index >= 15 is 0 Å². The van der Waals surface area contributed by atoms with E-state index in [0.717, 1.165) is 0 Å². The number of hydrogen-bond acceptors (Lipinski definition) is 4. The van der Waals surface area contributed by atoms with Crippen LogP contribution in [-0.2, 0) is 17.9 Å². The van der Waals surface area contributed by atoms with Gasteiger partial charge in [-0.2, -0.15) is 0 Å². The number of hydrogen-bond donors (Lipinski definition) is 1. The largest absolute Gasteiger partial charge is 0.375 e. The highest BCUT2D eigenvalue weighted by atomic mass is 16.6. The molecule has 5 nitrogen and oxygen atoms in total. The molecular weight excluding hydrogens is 268 g/mol. The maximum absolute atomic E-state index is 11.0. The van der Waals surface area contributed by atoms with E-state index in [1.807, 2.05) is 24.3 Å². The number of para-hydroxylation sites is 1. The first-order valence-electron chi connectivity index (χ1n) is 6.87. The molecule has 0 amide bonds. The van der Waals surface area contributed by atoms with Crippen LogP contribution in [0.1, 0.15) is 22.7 Å². The third-order valence-electron chi connectivity index (χ3n) is 3.70. The number of nitro benzene ring substituents is 1. The smallest absolute Gasteiger partial charge is 0.273 e. The van der Waals surface area contributed by atoms with Crippen LogP contribution in [-0.4, -0.2) is 11.5 Å². The first-order valence-corrected chi connectivity index (χ1v) is 6.87. The number of rotatable bonds is 4. The van der Waals surface area contributed by atoms with Crippen molar-refractivity contribution in [2.24, 2.45) is 0 Å². The van der Waals surface area contributed by atoms with Crippen molar-refractivity contribution in [3.63, 3.8) is 0 Å². The monoisotopic (exact) mass is 284 g/mol. The maximum Gasteiger partial charge on any atom is 0.273 e. The Morgan fingerprint density at radius 2 is 1.95 bits per heavy atom. The summed E-state index contributed by atoms with van der Waals surface area (Å²) in [5.74, 6) is 0. The number of nitrogens with one attached hydrogen (secondary N) is 1. The van der Waals surface area contributed by atoms with Gasteiger partial charge in [0, 0.05) is 18.2 Å². The lowest BCUT2D eigenvalue weighted by Crippen LogP contribution is -2.29. The second-order valence-electron chi connectivity index (χ2n) is 5.03. The molecule has 0 fully saturated rings. The van der Waals surface area contributed by atoms with E-state index in [1.165, 1.54) is 17.2 Å². The van der Waals surface area contributed by atoms with Gasteiger partial charge in [-0.05, 0) is 11.1 Å². The van der Waals surface area contributed by atoms with Crippen LogP contribution in [0.2, 0.25) is 0 Å². The fraction of sp³-hybridized carbons (Fsp3) is 0.250. The Balaban J connectivity index is 1.76. The molecule has 0 saturated carbocycles. The molecule has 108 valence electrons. The summed E-state index contributed by atoms with van der Waals surface area (Å²) < 4.78 is 5.58. The third kappa shape index (κ3) is 2.94. The van der Waals surface area contributed by atoms with Gasteiger partial charge in [0.05, 0.1) is 24.2 Å². The molecule has 5 heteroatoms. The summed E-state index contributed by atoms with van der Waals surface area (Å²) in [6, 6.07) is 15.0. The standard InChI is InChI=1S/C16H16N2O3/c19-18(20)16-8-4-2-5-12(16)9-17-15-11-21-10-13-6-1-3-7-14(13)15/h1-8,15,17H,9-11H2. The molecule has 0 bridgehead atoms. The number of nitro groups is 1. The van der Waals surface area contributed by atoms with Crippen molar-refractivity contribution >= 4 is 5.69 Å². The Kier molecular flexibility index (Phi) is 3.94. The Labute approximate surface area is 122 Å². The van der Waals surface area contributed by atoms with E-state index in [-0.39, 0.29) is 16.7 Å². The summed E-state index contributed by atoms with van der Waals surface area (Å²) in [5, 5.41) is 14.4. The molecule has 0 aliphatic carbocycles. The molecule has 1 atom stereocenters. The summed E-state index contributed by atoms with van der Waals surface area (Å²) in [7, 11) is 0. The highest BCUT2D eigenvalue weighted by molar-refractivity contribution is 5.40. The highest BCUT2D eigenvalue weighted by Gasteiger charge is 2.21. The van der Waals surface area contributed by atoms with E-state index < -0.39 is 0 Å². The van der Waals surface area contributed by atoms with Gasteiger partial charge in [-0.25, -0.2) is 0 Å². The average Bonchev–Trinajstić information content (AvgIpc) is 2.53. The van der Waals surface area contributed by atoms with Crippen molar-refractivity contribution in [1.82, 2.24) is 5.32 Å². The summed E-state index contributed by atoms with van der Waals surface area (Å²) >= 11 is 0. The Bertz CT molecular complexity index is 657. The molecule has 0 radical (unpaired) electrons. The van der Waals surface area contributed by atoms with Crippen LogP contribution >= 0.6 is 0 Å². The van der Waals surface area contributed by atoms with Crippen molar-refractivity contribution in [2.45, 2.75) is 19.2 Å². The summed E-state index contributed by atoms with van der Waals surface area (Å²) in [4.78, 5) is 10.7. The fourth-order valence-electron chi connectivity index (χ4n) is 2.62. The van der Waals surface area contributed by atoms with Crippen molar-refractivity contribution in [3.8, 4) is 0 Å². The van der Waals surface area contributed by atoms with Crippen LogP contribution in [0.4, 0.5) is 5.69 Å². The van der Waals surface area contributed by atoms with Gasteiger partial charge < -0.3 is 10.1 Å². The van der Waals surface area contributed by atoms with Crippen molar-refractivity contribution < 1.29 is 9.66 Å². The lowest BCUT2D eigenvalue weighted by molar-refractivity contribution is -0.385. The van der Waals surface area contributed by atoms with E-state index in [0.29, 0.717) is 25.3 Å². The maximum atomic E-state index is 11.0. The second kappa shape index (κ2) is 6.03. The zero-order valence-electron chi connectivity index (χ0n) is 11.5. The van der Waals surface area contributed by atoms with Gasteiger partial charge in [0.2, 0.25) is 0 Å². The van der Waals surface area contributed by atoms with E-state index in [4.69, 9.17) is 4.74 Å². The van der Waals surface area contributed by atoms with Gasteiger partial charge in [0.1, 0.15) is 0 Å². The molecule has 21 heavy (non-hydrogen) atoms. The molecule has 0 saturated heterocycles. The predicted molar refractivity (Wildman–Crippen MR) is 78.8 cm³/mol. The molecule has 1 N–H and O–H groups in total. The lowest BCUT2D eigenvalue weighted by Gasteiger charge is -2.26. The molecule has 1 aliphatic heterocycles. The number of fused-ring (bicyclic) bond motifs is 1. The Morgan fingerprint density at radius 3 is 2.81 bits per heavy atom. The molecule has 2 aromatic carbocycles. The van der Waals surface area contributed by atoms with Crippen molar-refractivity contribution in [1.29, 1.82) is 0 Å². The SMILES string of the molecule is O=[N+]([O-])c1ccccc1CNC1COCc2ccccc21. The molecule has 3 rings (SSSR count). The quantitative estimate of drug-likeness (QED) is 0.692. The minimum Gasteiger partial charge on any atom is -0.375 e. The van der Waals surface area contributed by atoms with E-state index in [9.17, 15) is 10.1 Å². The van der Waals surface area contributed by atoms with Gasteiger partial charge in [-0.3, -0.25) is 10.1 Å². The Hall–Kier alpha value is -2.24. The molecule has 2 aromatic rings. The van der Waals surface area contributed by atoms with E-state index in [2.05, 4.69) is 11.4 Å². The average molecular weight is 284 g/mol. The molecule has 1 aliphatic rings. The van der Waals surface area contributed by atoms with Gasteiger partial charge in [-0.1, -0.05) is 42.5 Å². The van der Waals surface area contributed by atoms with Crippen LogP contribution in [0.25, 0.3) is 0 Å². The van der Waals surface area contributed by atoms with Gasteiger partial charge in [0.25, 0.3) is 5.69 Å². The third-order valence-corrected chi connectivity index (χ3v) is 3.70. The van der Waals surface area contributed by atoms with Crippen LogP contribution < -0.4 is 5.32 Å². The van der Waals surface area contributed by atoms with Crippen molar-refractivity contribution in [3.05, 3.63) is 75.3 Å². The molecule has 0 aromatic heterocycles. The van der Waals surface area contributed by atoms with Crippen LogP contribution in [0.15, 0.2) is 48.5 Å². The van der Waals surface area contributed by atoms with Gasteiger partial charge in [-0.15, -0.1) is 0 Å². The van der Waals surface area contributed by atoms with Gasteiger partial charge in [0.15, 0.2) is 0 Å². The zero-order chi connectivity index (χ0) is 14.7. The number of nitrogens with zero attached hydrogens (tertiary/aromatic N) is 1. The topological polar surface area (TPSA) is 64.4 Å². The van der Waals surface area contributed by atoms with E-state index in [1.54, 1.807) is 12.1 Å². The summed E-state index contributed by atoms with van der Waals surface area (Å²) in [6.07, 6.45) is 0. The summed E-state index contributed by atoms with van der Waals surface area (Å²) in [6.45, 7) is 1.65. The van der Waals surface area contributed by atoms with Crippen LogP contribution in [0.5, 0.6) is 0 Å². The minimum absolute atomic E-state index is 0.0646. The Morgan fingerprint density at radius 1 is 1.19 bits per heavy atom. The number of ether oxygens (including phenoxy) is 1. The summed E-state index contributed by atoms with van der Waals surface area (Å²) in [5.41, 5.74) is 3.21. The molecule has 1 unspecified atom stereocenters. The zero-order valence-corrected chi connectivity index (χ0v) is 11.5. The fourth-order valence-corrected chi connectivity index (χ4v) is 2.62. The number of benzene rings is 2. The first kappa shape index (κ1) is 13.7. The second-order valence-corrected chi connectivity index (χ2v) is 5.03. The van der Waals surface area contributed by atoms with Crippen LogP contribution in [0, 0.1) is 10.1 Å². The van der Waals surface area contributed by atoms with Crippen molar-refractivity contribution in [2.75, 3.05) is 6.61 Å². The van der Waals surface area contributed by atoms with Crippen LogP contribution in [0.3, 0.4) is 0 Å². The molecule has 0 spiro atoms. The first-order chi connectivity index (χ1) is 10.3. The lowest BCUT2D eigenvalue weighted by atomic mass is 9.99.